The van der Waals surface area contributed by atoms with Crippen molar-refractivity contribution in [1.82, 2.24) is 5.32 Å². The Kier molecular flexibility index (Phi) is 6.47. The summed E-state index contributed by atoms with van der Waals surface area (Å²) in [6, 6.07) is 14.1. The van der Waals surface area contributed by atoms with Crippen molar-refractivity contribution in [1.29, 1.82) is 0 Å². The lowest BCUT2D eigenvalue weighted by molar-refractivity contribution is -0.121. The minimum absolute atomic E-state index is 0.0589. The molecule has 2 aromatic rings. The zero-order valence-corrected chi connectivity index (χ0v) is 14.6. The summed E-state index contributed by atoms with van der Waals surface area (Å²) in [5.41, 5.74) is 7.20. The highest BCUT2D eigenvalue weighted by atomic mass is 32.1. The Morgan fingerprint density at radius 1 is 1.12 bits per heavy atom. The van der Waals surface area contributed by atoms with E-state index in [4.69, 9.17) is 22.7 Å². The lowest BCUT2D eigenvalue weighted by atomic mass is 10.1. The van der Waals surface area contributed by atoms with E-state index in [-0.39, 0.29) is 17.3 Å². The first-order valence-electron chi connectivity index (χ1n) is 7.71. The van der Waals surface area contributed by atoms with Crippen LogP contribution < -0.4 is 21.1 Å². The van der Waals surface area contributed by atoms with Crippen molar-refractivity contribution in [2.75, 3.05) is 11.9 Å². The molecule has 0 aromatic heterocycles. The van der Waals surface area contributed by atoms with Crippen molar-refractivity contribution in [2.24, 2.45) is 5.73 Å². The van der Waals surface area contributed by atoms with Crippen molar-refractivity contribution in [3.63, 3.8) is 0 Å². The van der Waals surface area contributed by atoms with E-state index in [2.05, 4.69) is 17.6 Å². The number of anilines is 1. The highest BCUT2D eigenvalue weighted by Crippen LogP contribution is 2.14. The molecule has 4 N–H and O–H groups in total. The van der Waals surface area contributed by atoms with Gasteiger partial charge in [0, 0.05) is 0 Å². The maximum atomic E-state index is 11.9. The van der Waals surface area contributed by atoms with Gasteiger partial charge in [0.2, 0.25) is 0 Å². The second-order valence-electron chi connectivity index (χ2n) is 5.20. The highest BCUT2D eigenvalue weighted by Gasteiger charge is 2.10. The number of benzene rings is 2. The van der Waals surface area contributed by atoms with Gasteiger partial charge in [0.1, 0.15) is 5.75 Å². The maximum absolute atomic E-state index is 11.9. The van der Waals surface area contributed by atoms with Crippen LogP contribution in [-0.4, -0.2) is 23.5 Å². The predicted octanol–water partition coefficient (Wildman–Crippen LogP) is 2.24. The number of para-hydroxylation sites is 1. The number of aryl methyl sites for hydroxylation is 1. The van der Waals surface area contributed by atoms with Gasteiger partial charge in [-0.1, -0.05) is 31.2 Å². The van der Waals surface area contributed by atoms with Crippen LogP contribution in [0.2, 0.25) is 0 Å². The summed E-state index contributed by atoms with van der Waals surface area (Å²) in [5.74, 6) is -0.394. The second kappa shape index (κ2) is 8.79. The molecular weight excluding hydrogens is 338 g/mol. The summed E-state index contributed by atoms with van der Waals surface area (Å²) in [7, 11) is 0. The smallest absolute Gasteiger partial charge is 0.264 e. The minimum atomic E-state index is -0.587. The number of nitrogens with one attached hydrogen (secondary N) is 2. The number of ether oxygens (including phenoxy) is 1. The van der Waals surface area contributed by atoms with Gasteiger partial charge in [-0.2, -0.15) is 0 Å². The van der Waals surface area contributed by atoms with E-state index >= 15 is 0 Å². The van der Waals surface area contributed by atoms with Gasteiger partial charge in [0.05, 0.1) is 11.3 Å². The van der Waals surface area contributed by atoms with Gasteiger partial charge in [-0.25, -0.2) is 0 Å². The molecule has 25 heavy (non-hydrogen) atoms. The van der Waals surface area contributed by atoms with Gasteiger partial charge >= 0.3 is 0 Å². The quantitative estimate of drug-likeness (QED) is 0.690. The summed E-state index contributed by atoms with van der Waals surface area (Å²) < 4.78 is 5.41. The van der Waals surface area contributed by atoms with Crippen LogP contribution in [0.25, 0.3) is 0 Å². The molecule has 0 saturated carbocycles. The van der Waals surface area contributed by atoms with Crippen molar-refractivity contribution in [3.05, 3.63) is 59.7 Å². The standard InChI is InChI=1S/C18H19N3O3S/c1-2-12-7-9-13(10-8-12)24-11-16(22)21-18(25)20-15-6-4-3-5-14(15)17(19)23/h3-10H,2,11H2,1H3,(H2,19,23)(H2,20,21,22,25). The third kappa shape index (κ3) is 5.58. The molecule has 0 unspecified atom stereocenters. The van der Waals surface area contributed by atoms with Crippen LogP contribution in [0.15, 0.2) is 48.5 Å². The molecule has 0 aliphatic rings. The van der Waals surface area contributed by atoms with Crippen molar-refractivity contribution >= 4 is 34.8 Å². The molecule has 0 atom stereocenters. The number of thiocarbonyl (C=S) groups is 1. The molecule has 0 bridgehead atoms. The molecule has 0 radical (unpaired) electrons. The normalized spacial score (nSPS) is 9.96. The van der Waals surface area contributed by atoms with Crippen LogP contribution >= 0.6 is 12.2 Å². The van der Waals surface area contributed by atoms with Gasteiger partial charge in [-0.15, -0.1) is 0 Å². The first-order valence-corrected chi connectivity index (χ1v) is 8.12. The van der Waals surface area contributed by atoms with Crippen LogP contribution in [0.5, 0.6) is 5.75 Å². The Morgan fingerprint density at radius 2 is 1.80 bits per heavy atom. The summed E-state index contributed by atoms with van der Waals surface area (Å²) in [4.78, 5) is 23.3. The zero-order valence-electron chi connectivity index (χ0n) is 13.7. The van der Waals surface area contributed by atoms with Gasteiger partial charge in [0.25, 0.3) is 11.8 Å². The third-order valence-corrected chi connectivity index (χ3v) is 3.60. The number of hydrogen-bond acceptors (Lipinski definition) is 4. The molecule has 0 aliphatic heterocycles. The highest BCUT2D eigenvalue weighted by molar-refractivity contribution is 7.80. The average molecular weight is 357 g/mol. The number of carbonyl (C=O) groups is 2. The van der Waals surface area contributed by atoms with E-state index < -0.39 is 11.8 Å². The molecule has 6 nitrogen and oxygen atoms in total. The van der Waals surface area contributed by atoms with Crippen molar-refractivity contribution in [3.8, 4) is 5.75 Å². The summed E-state index contributed by atoms with van der Waals surface area (Å²) in [5, 5.41) is 5.33. The van der Waals surface area contributed by atoms with E-state index in [1.165, 1.54) is 5.56 Å². The first kappa shape index (κ1) is 18.4. The fraction of sp³-hybridized carbons (Fsp3) is 0.167. The Bertz CT molecular complexity index is 775. The molecule has 0 heterocycles. The van der Waals surface area contributed by atoms with Gasteiger partial charge < -0.3 is 15.8 Å². The van der Waals surface area contributed by atoms with Gasteiger partial charge in [0.15, 0.2) is 11.7 Å². The van der Waals surface area contributed by atoms with Crippen molar-refractivity contribution in [2.45, 2.75) is 13.3 Å². The number of carbonyl (C=O) groups excluding carboxylic acids is 2. The SMILES string of the molecule is CCc1ccc(OCC(=O)NC(=S)Nc2ccccc2C(N)=O)cc1. The summed E-state index contributed by atoms with van der Waals surface area (Å²) >= 11 is 5.07. The molecule has 0 saturated heterocycles. The summed E-state index contributed by atoms with van der Waals surface area (Å²) in [6.45, 7) is 1.89. The number of rotatable bonds is 6. The fourth-order valence-electron chi connectivity index (χ4n) is 2.09. The lowest BCUT2D eigenvalue weighted by Crippen LogP contribution is -2.37. The van der Waals surface area contributed by atoms with E-state index in [0.29, 0.717) is 11.4 Å². The molecule has 0 fully saturated rings. The zero-order chi connectivity index (χ0) is 18.2. The summed E-state index contributed by atoms with van der Waals surface area (Å²) in [6.07, 6.45) is 0.938. The molecule has 0 aliphatic carbocycles. The van der Waals surface area contributed by atoms with Crippen LogP contribution in [0, 0.1) is 0 Å². The second-order valence-corrected chi connectivity index (χ2v) is 5.61. The van der Waals surface area contributed by atoms with Gasteiger partial charge in [-0.05, 0) is 48.5 Å². The van der Waals surface area contributed by atoms with E-state index in [0.717, 1.165) is 6.42 Å². The van der Waals surface area contributed by atoms with Crippen LogP contribution in [0.4, 0.5) is 5.69 Å². The van der Waals surface area contributed by atoms with Crippen molar-refractivity contribution < 1.29 is 14.3 Å². The van der Waals surface area contributed by atoms with E-state index in [1.807, 2.05) is 24.3 Å². The number of primary amides is 1. The molecule has 2 aromatic carbocycles. The molecule has 0 spiro atoms. The Hall–Kier alpha value is -2.93. The van der Waals surface area contributed by atoms with Crippen LogP contribution in [0.1, 0.15) is 22.8 Å². The molecule has 2 rings (SSSR count). The number of amides is 2. The van der Waals surface area contributed by atoms with Gasteiger partial charge in [-0.3, -0.25) is 14.9 Å². The van der Waals surface area contributed by atoms with Crippen LogP contribution in [0.3, 0.4) is 0 Å². The molecule has 130 valence electrons. The molecule has 2 amide bonds. The monoisotopic (exact) mass is 357 g/mol. The maximum Gasteiger partial charge on any atom is 0.264 e. The average Bonchev–Trinajstić information content (AvgIpc) is 2.60. The van der Waals surface area contributed by atoms with E-state index in [9.17, 15) is 9.59 Å². The number of nitrogens with two attached hydrogens (primary N) is 1. The third-order valence-electron chi connectivity index (χ3n) is 3.40. The Labute approximate surface area is 151 Å². The van der Waals surface area contributed by atoms with E-state index in [1.54, 1.807) is 24.3 Å². The number of hydrogen-bond donors (Lipinski definition) is 3. The topological polar surface area (TPSA) is 93.4 Å². The van der Waals surface area contributed by atoms with Crippen LogP contribution in [-0.2, 0) is 11.2 Å². The Morgan fingerprint density at radius 3 is 2.44 bits per heavy atom. The first-order chi connectivity index (χ1) is 12.0. The predicted molar refractivity (Wildman–Crippen MR) is 101 cm³/mol. The fourth-order valence-corrected chi connectivity index (χ4v) is 2.32. The lowest BCUT2D eigenvalue weighted by Gasteiger charge is -2.12. The largest absolute Gasteiger partial charge is 0.484 e. The Balaban J connectivity index is 1.85. The molecule has 7 heteroatoms. The minimum Gasteiger partial charge on any atom is -0.484 e. The molecular formula is C18H19N3O3S.